The van der Waals surface area contributed by atoms with Crippen molar-refractivity contribution in [2.24, 2.45) is 11.8 Å². The molecule has 0 amide bonds. The third-order valence-corrected chi connectivity index (χ3v) is 14.8. The molecule has 0 bridgehead atoms. The number of Topliss-reactive ketones (excluding diaryl/α,β-unsaturated/α-hetero) is 6. The molecule has 1 fully saturated rings. The van der Waals surface area contributed by atoms with Gasteiger partial charge in [0, 0.05) is 77.0 Å². The van der Waals surface area contributed by atoms with Crippen LogP contribution in [-0.4, -0.2) is 124 Å². The van der Waals surface area contributed by atoms with Crippen molar-refractivity contribution in [3.63, 3.8) is 0 Å². The Morgan fingerprint density at radius 1 is 0.400 bits per heavy atom. The van der Waals surface area contributed by atoms with E-state index >= 15 is 0 Å². The fraction of sp³-hybridized carbons (Fsp3) is 0.460. The van der Waals surface area contributed by atoms with Crippen LogP contribution in [0.4, 0.5) is 4.39 Å². The van der Waals surface area contributed by atoms with Crippen LogP contribution in [0, 0.1) is 126 Å². The predicted octanol–water partition coefficient (Wildman–Crippen LogP) is 16.1. The minimum Gasteiger partial charge on any atom is -0.389 e. The van der Waals surface area contributed by atoms with Gasteiger partial charge in [-0.15, -0.1) is 37.0 Å². The van der Waals surface area contributed by atoms with Crippen LogP contribution in [0.15, 0.2) is 170 Å². The minimum atomic E-state index is -0.734. The zero-order chi connectivity index (χ0) is 86.6. The number of ketones is 6. The van der Waals surface area contributed by atoms with Crippen LogP contribution in [0.25, 0.3) is 0 Å². The number of rotatable bonds is 43. The summed E-state index contributed by atoms with van der Waals surface area (Å²) >= 11 is 0. The molecule has 0 unspecified atom stereocenters. The second-order valence-corrected chi connectivity index (χ2v) is 27.2. The Morgan fingerprint density at radius 2 is 0.739 bits per heavy atom. The number of aliphatic hydroxyl groups excluding tert-OH is 8. The van der Waals surface area contributed by atoms with Crippen LogP contribution < -0.4 is 0 Å². The largest absolute Gasteiger partial charge is 0.389 e. The molecule has 0 aliphatic heterocycles. The topological polar surface area (TPSA) is 264 Å². The van der Waals surface area contributed by atoms with E-state index in [0.29, 0.717) is 121 Å². The molecule has 8 N–H and O–H groups in total. The van der Waals surface area contributed by atoms with Gasteiger partial charge in [0.2, 0.25) is 0 Å². The van der Waals surface area contributed by atoms with Crippen molar-refractivity contribution in [3.05, 3.63) is 181 Å². The average molecular weight is 1570 g/mol. The number of terminal acetylenes is 3. The summed E-state index contributed by atoms with van der Waals surface area (Å²) in [6.45, 7) is 13.5. The van der Waals surface area contributed by atoms with Crippen LogP contribution in [0.5, 0.6) is 0 Å². The van der Waals surface area contributed by atoms with E-state index in [-0.39, 0.29) is 46.6 Å². The van der Waals surface area contributed by atoms with E-state index < -0.39 is 42.7 Å². The molecule has 0 spiro atoms. The molecule has 620 valence electrons. The lowest BCUT2D eigenvalue weighted by molar-refractivity contribution is -0.118. The summed E-state index contributed by atoms with van der Waals surface area (Å²) in [6, 6.07) is 6.01. The summed E-state index contributed by atoms with van der Waals surface area (Å²) in [5.41, 5.74) is 0.853. The van der Waals surface area contributed by atoms with E-state index in [4.69, 9.17) is 19.3 Å². The predicted molar refractivity (Wildman–Crippen MR) is 468 cm³/mol. The van der Waals surface area contributed by atoms with Crippen LogP contribution in [0.3, 0.4) is 0 Å². The van der Waals surface area contributed by atoms with Gasteiger partial charge in [-0.05, 0) is 197 Å². The van der Waals surface area contributed by atoms with E-state index in [1.165, 1.54) is 31.9 Å². The van der Waals surface area contributed by atoms with Gasteiger partial charge in [-0.3, -0.25) is 4.79 Å². The molecule has 0 saturated heterocycles. The lowest BCUT2D eigenvalue weighted by Crippen LogP contribution is -2.06. The fourth-order valence-electron chi connectivity index (χ4n) is 8.66. The highest BCUT2D eigenvalue weighted by atomic mass is 19.1. The molecule has 1 saturated carbocycles. The molecular formula is C100H129FO14. The maximum atomic E-state index is 12.8. The highest BCUT2D eigenvalue weighted by molar-refractivity contribution is 5.77. The van der Waals surface area contributed by atoms with Gasteiger partial charge in [0.15, 0.2) is 0 Å². The Labute approximate surface area is 690 Å². The quantitative estimate of drug-likeness (QED) is 0.0172. The van der Waals surface area contributed by atoms with Crippen molar-refractivity contribution in [1.82, 2.24) is 0 Å². The highest BCUT2D eigenvalue weighted by Gasteiger charge is 2.23. The fourth-order valence-corrected chi connectivity index (χ4v) is 8.66. The Morgan fingerprint density at radius 3 is 1.10 bits per heavy atom. The van der Waals surface area contributed by atoms with Gasteiger partial charge < -0.3 is 64.8 Å². The molecule has 1 aromatic rings. The van der Waals surface area contributed by atoms with Gasteiger partial charge >= 0.3 is 0 Å². The molecule has 0 heterocycles. The number of hydrogen-bond acceptors (Lipinski definition) is 14. The zero-order valence-corrected chi connectivity index (χ0v) is 69.4. The molecule has 1 aromatic carbocycles. The van der Waals surface area contributed by atoms with Crippen LogP contribution in [0.1, 0.15) is 234 Å². The van der Waals surface area contributed by atoms with Gasteiger partial charge in [0.05, 0.1) is 24.4 Å². The van der Waals surface area contributed by atoms with Gasteiger partial charge in [-0.1, -0.05) is 219 Å². The maximum absolute atomic E-state index is 12.8. The summed E-state index contributed by atoms with van der Waals surface area (Å²) < 4.78 is 12.8. The van der Waals surface area contributed by atoms with Crippen LogP contribution >= 0.6 is 0 Å². The van der Waals surface area contributed by atoms with E-state index in [9.17, 15) is 74.0 Å². The van der Waals surface area contributed by atoms with Crippen LogP contribution in [0.2, 0.25) is 0 Å². The average Bonchev–Trinajstić information content (AvgIpc) is 1.63. The van der Waals surface area contributed by atoms with E-state index in [1.54, 1.807) is 150 Å². The van der Waals surface area contributed by atoms with E-state index in [2.05, 4.69) is 103 Å². The summed E-state index contributed by atoms with van der Waals surface area (Å²) in [4.78, 5) is 64.1. The van der Waals surface area contributed by atoms with Crippen molar-refractivity contribution in [2.45, 2.75) is 284 Å². The lowest BCUT2D eigenvalue weighted by Gasteiger charge is -2.06. The molecule has 1 aliphatic carbocycles. The molecule has 8 atom stereocenters. The molecule has 2 rings (SSSR count). The second-order valence-electron chi connectivity index (χ2n) is 27.2. The molecule has 115 heavy (non-hydrogen) atoms. The van der Waals surface area contributed by atoms with E-state index in [0.717, 1.165) is 63.4 Å². The van der Waals surface area contributed by atoms with Crippen molar-refractivity contribution >= 4 is 34.7 Å². The van der Waals surface area contributed by atoms with Gasteiger partial charge in [-0.2, -0.15) is 0 Å². The van der Waals surface area contributed by atoms with Crippen molar-refractivity contribution in [2.75, 3.05) is 0 Å². The Balaban J connectivity index is -0.000000646. The monoisotopic (exact) mass is 1570 g/mol. The standard InChI is InChI=1S/C20H23FO3.C17H24O3.C17H26O3.C16H20O2.C16H20O.C14H16O2/c1-16(22)7-6-10-19(23)8-4-2-3-5-9-20(24)15-17-11-13-18(21)14-12-17;1-14(18)7-6-10-16(19)8-4-2-3-5-9-17(20)13-15-11-12-15;1-14(2)13-17(20)11-7-5-4-6-10-16(19)12-8-9-15(3)18;1-3-4-5-6-7-8-9-10-13-16(18)14-11-12-15(2)17;1-3-4-5-6-7-8-9-10-11-12-13-14-15-16(2)17;1-3-10-14(16)12-9-7-5-4-6-8-11-13(2)15/h2-3,5,9,11-14,19-20,23-24H,6-7,10,15H2,1H3;2-3,5,9,15-17,19-20H,6-7,10-13H2,1H3;4-5,7,11,14,16-17,19-20H,8-9,12-13H2,1-3H3;1,6-9,16,18H,4-5,11-12,14H2,2H3;1,6-9H,4-5,12-15H2,2H3;1,5,7,9,12,14,16H,8,10-11H2,2H3/b2*3-2+,9-5+;5-4+,11-7+;2*7-6+,9-8+;7-5+,12-9+/t19-,20+;2*16-,17+;16-;;14-/m1111.1/s1. The third-order valence-electron chi connectivity index (χ3n) is 14.8. The second kappa shape index (κ2) is 83.2. The number of carbonyl (C=O) groups is 6. The first-order chi connectivity index (χ1) is 55.1. The number of benzene rings is 1. The third kappa shape index (κ3) is 99.8. The first-order valence-electron chi connectivity index (χ1n) is 39.5. The maximum Gasteiger partial charge on any atom is 0.130 e. The summed E-state index contributed by atoms with van der Waals surface area (Å²) in [7, 11) is 0. The highest BCUT2D eigenvalue weighted by Crippen LogP contribution is 2.33. The normalized spacial score (nSPS) is 13.6. The smallest absolute Gasteiger partial charge is 0.130 e. The molecular weight excluding hydrogens is 1440 g/mol. The van der Waals surface area contributed by atoms with Gasteiger partial charge in [0.1, 0.15) is 64.9 Å². The number of aliphatic hydroxyl groups is 8. The summed E-state index contributed by atoms with van der Waals surface area (Å²) in [5.74, 6) is 42.7. The summed E-state index contributed by atoms with van der Waals surface area (Å²) in [6.07, 6.45) is 71.9. The first-order valence-corrected chi connectivity index (χ1v) is 39.5. The molecule has 15 heteroatoms. The Kier molecular flexibility index (Phi) is 80.4. The Bertz CT molecular complexity index is 3710. The number of carbonyl (C=O) groups excluding carboxylic acids is 6. The zero-order valence-electron chi connectivity index (χ0n) is 69.4. The summed E-state index contributed by atoms with van der Waals surface area (Å²) in [5, 5.41) is 76.4. The van der Waals surface area contributed by atoms with Crippen molar-refractivity contribution < 1.29 is 74.0 Å². The number of hydrogen-bond donors (Lipinski definition) is 8. The molecule has 0 radical (unpaired) electrons. The number of allylic oxidation sites excluding steroid dienone is 20. The van der Waals surface area contributed by atoms with Crippen molar-refractivity contribution in [1.29, 1.82) is 0 Å². The first kappa shape index (κ1) is 111. The minimum absolute atomic E-state index is 0.111. The van der Waals surface area contributed by atoms with Crippen LogP contribution in [-0.2, 0) is 35.2 Å². The Hall–Kier alpha value is -10.2. The van der Waals surface area contributed by atoms with Crippen molar-refractivity contribution in [3.8, 4) is 108 Å². The molecule has 0 aromatic heterocycles. The number of halogens is 1. The van der Waals surface area contributed by atoms with Gasteiger partial charge in [0.25, 0.3) is 0 Å². The lowest BCUT2D eigenvalue weighted by atomic mass is 10.1. The molecule has 14 nitrogen and oxygen atoms in total. The van der Waals surface area contributed by atoms with Gasteiger partial charge in [-0.25, -0.2) is 4.39 Å². The number of unbranched alkanes of at least 4 members (excludes halogenated alkanes) is 4. The SMILES string of the molecule is C#CCC/C=C/C=C/C#CCCCCC(C)=O.C#CCC/C=C/C=C/C#C[C@@H](O)CCCC(C)=O.C#CC[C@@H](O)/C=C/C=C/C#CCCC(C)=O.CC(=O)CCC[C@H](O)C#C/C=C/C=C/[C@H](O)CC(C)C.CC(=O)CCC[C@H](O)C#C/C=C/C=C/[C@H](O)CC1CC1.CC(=O)CCC[C@H](O)C#C/C=C/C=C/[C@H](O)Cc1ccc(F)cc1. The molecule has 1 aliphatic rings. The van der Waals surface area contributed by atoms with E-state index in [1.807, 2.05) is 42.5 Å².